The molecular formula is C13H17N3O. The molecule has 1 aromatic carbocycles. The second-order valence-electron chi connectivity index (χ2n) is 4.89. The summed E-state index contributed by atoms with van der Waals surface area (Å²) in [5.74, 6) is 1.09. The van der Waals surface area contributed by atoms with Crippen molar-refractivity contribution in [1.82, 2.24) is 5.32 Å². The third kappa shape index (κ3) is 1.89. The van der Waals surface area contributed by atoms with Crippen LogP contribution in [0, 0.1) is 0 Å². The van der Waals surface area contributed by atoms with Crippen LogP contribution in [0.3, 0.4) is 0 Å². The van der Waals surface area contributed by atoms with E-state index in [1.54, 1.807) is 6.07 Å². The zero-order valence-electron chi connectivity index (χ0n) is 9.63. The van der Waals surface area contributed by atoms with Crippen LogP contribution in [0.2, 0.25) is 0 Å². The number of para-hydroxylation sites is 1. The molecule has 1 aromatic rings. The molecule has 3 unspecified atom stereocenters. The predicted octanol–water partition coefficient (Wildman–Crippen LogP) is 0.990. The smallest absolute Gasteiger partial charge is 0.132 e. The lowest BCUT2D eigenvalue weighted by Gasteiger charge is -2.28. The number of rotatable bonds is 1. The van der Waals surface area contributed by atoms with Crippen molar-refractivity contribution in [2.45, 2.75) is 37.4 Å². The molecule has 0 aromatic heterocycles. The Hall–Kier alpha value is -1.55. The number of aromatic hydroxyl groups is 1. The van der Waals surface area contributed by atoms with Gasteiger partial charge in [0, 0.05) is 6.04 Å². The molecule has 1 fully saturated rings. The van der Waals surface area contributed by atoms with Gasteiger partial charge in [0.1, 0.15) is 11.6 Å². The molecule has 17 heavy (non-hydrogen) atoms. The summed E-state index contributed by atoms with van der Waals surface area (Å²) in [6, 6.07) is 8.25. The molecule has 1 aliphatic carbocycles. The Balaban J connectivity index is 1.85. The second kappa shape index (κ2) is 4.04. The maximum atomic E-state index is 9.81. The quantitative estimate of drug-likeness (QED) is 0.675. The van der Waals surface area contributed by atoms with Crippen molar-refractivity contribution in [3.63, 3.8) is 0 Å². The molecule has 4 heteroatoms. The van der Waals surface area contributed by atoms with Gasteiger partial charge in [-0.2, -0.15) is 0 Å². The number of nitrogens with one attached hydrogen (secondary N) is 1. The summed E-state index contributed by atoms with van der Waals surface area (Å²) in [6.07, 6.45) is 3.04. The van der Waals surface area contributed by atoms with Crippen molar-refractivity contribution in [1.29, 1.82) is 0 Å². The summed E-state index contributed by atoms with van der Waals surface area (Å²) in [4.78, 5) is 4.67. The molecule has 3 rings (SSSR count). The molecule has 3 atom stereocenters. The van der Waals surface area contributed by atoms with Crippen molar-refractivity contribution in [2.24, 2.45) is 10.7 Å². The maximum Gasteiger partial charge on any atom is 0.132 e. The van der Waals surface area contributed by atoms with Crippen LogP contribution in [0.15, 0.2) is 29.3 Å². The molecule has 0 bridgehead atoms. The lowest BCUT2D eigenvalue weighted by atomic mass is 9.88. The van der Waals surface area contributed by atoms with Crippen molar-refractivity contribution in [3.05, 3.63) is 29.8 Å². The highest BCUT2D eigenvalue weighted by Crippen LogP contribution is 2.27. The van der Waals surface area contributed by atoms with Crippen LogP contribution in [0.5, 0.6) is 5.75 Å². The number of nitrogens with zero attached hydrogens (tertiary/aromatic N) is 1. The zero-order valence-corrected chi connectivity index (χ0v) is 9.63. The van der Waals surface area contributed by atoms with E-state index >= 15 is 0 Å². The number of fused-ring (bicyclic) bond motifs is 1. The monoisotopic (exact) mass is 231 g/mol. The van der Waals surface area contributed by atoms with Crippen molar-refractivity contribution < 1.29 is 5.11 Å². The average Bonchev–Trinajstić information content (AvgIpc) is 2.72. The van der Waals surface area contributed by atoms with E-state index in [0.29, 0.717) is 12.1 Å². The van der Waals surface area contributed by atoms with Gasteiger partial charge in [-0.15, -0.1) is 0 Å². The Kier molecular flexibility index (Phi) is 2.52. The lowest BCUT2D eigenvalue weighted by molar-refractivity contribution is 0.347. The van der Waals surface area contributed by atoms with Crippen LogP contribution >= 0.6 is 0 Å². The third-order valence-electron chi connectivity index (χ3n) is 3.63. The van der Waals surface area contributed by atoms with Crippen LogP contribution in [-0.2, 0) is 0 Å². The first kappa shape index (κ1) is 10.6. The molecule has 0 spiro atoms. The van der Waals surface area contributed by atoms with Gasteiger partial charge < -0.3 is 16.2 Å². The highest BCUT2D eigenvalue weighted by Gasteiger charge is 2.34. The van der Waals surface area contributed by atoms with E-state index in [9.17, 15) is 5.11 Å². The Labute approximate surface area is 101 Å². The first-order valence-corrected chi connectivity index (χ1v) is 6.12. The zero-order chi connectivity index (χ0) is 11.8. The molecule has 2 aliphatic rings. The summed E-state index contributed by atoms with van der Waals surface area (Å²) in [5, 5.41) is 13.2. The van der Waals surface area contributed by atoms with Gasteiger partial charge in [-0.1, -0.05) is 12.1 Å². The van der Waals surface area contributed by atoms with Gasteiger partial charge in [-0.05, 0) is 31.4 Å². The highest BCUT2D eigenvalue weighted by molar-refractivity contribution is 6.02. The van der Waals surface area contributed by atoms with Gasteiger partial charge in [-0.3, -0.25) is 4.99 Å². The number of aliphatic imine (C=N–C) groups is 1. The highest BCUT2D eigenvalue weighted by atomic mass is 16.3. The van der Waals surface area contributed by atoms with E-state index in [1.165, 1.54) is 0 Å². The van der Waals surface area contributed by atoms with Gasteiger partial charge in [0.15, 0.2) is 0 Å². The van der Waals surface area contributed by atoms with Gasteiger partial charge in [-0.25, -0.2) is 0 Å². The summed E-state index contributed by atoms with van der Waals surface area (Å²) >= 11 is 0. The molecule has 1 heterocycles. The fraction of sp³-hybridized carbons (Fsp3) is 0.462. The SMILES string of the molecule is NC1CCC2N=C(c3ccccc3O)NC2C1. The van der Waals surface area contributed by atoms with E-state index in [4.69, 9.17) is 5.73 Å². The molecule has 0 amide bonds. The molecular weight excluding hydrogens is 214 g/mol. The van der Waals surface area contributed by atoms with Crippen molar-refractivity contribution in [2.75, 3.05) is 0 Å². The number of hydrogen-bond acceptors (Lipinski definition) is 4. The van der Waals surface area contributed by atoms with Crippen LogP contribution in [0.1, 0.15) is 24.8 Å². The minimum atomic E-state index is 0.279. The van der Waals surface area contributed by atoms with Gasteiger partial charge in [0.05, 0.1) is 17.6 Å². The summed E-state index contributed by atoms with van der Waals surface area (Å²) < 4.78 is 0. The fourth-order valence-corrected chi connectivity index (χ4v) is 2.70. The summed E-state index contributed by atoms with van der Waals surface area (Å²) in [6.45, 7) is 0. The largest absolute Gasteiger partial charge is 0.507 e. The van der Waals surface area contributed by atoms with E-state index < -0.39 is 0 Å². The number of nitrogens with two attached hydrogens (primary N) is 1. The number of phenols is 1. The van der Waals surface area contributed by atoms with Crippen LogP contribution < -0.4 is 11.1 Å². The minimum absolute atomic E-state index is 0.279. The van der Waals surface area contributed by atoms with Gasteiger partial charge in [0.25, 0.3) is 0 Å². The maximum absolute atomic E-state index is 9.81. The predicted molar refractivity (Wildman–Crippen MR) is 67.2 cm³/mol. The summed E-state index contributed by atoms with van der Waals surface area (Å²) in [5.41, 5.74) is 6.75. The normalized spacial score (nSPS) is 31.6. The van der Waals surface area contributed by atoms with Crippen LogP contribution in [0.4, 0.5) is 0 Å². The minimum Gasteiger partial charge on any atom is -0.507 e. The van der Waals surface area contributed by atoms with E-state index in [1.807, 2.05) is 18.2 Å². The topological polar surface area (TPSA) is 70.6 Å². The van der Waals surface area contributed by atoms with Crippen LogP contribution in [-0.4, -0.2) is 29.1 Å². The van der Waals surface area contributed by atoms with Gasteiger partial charge >= 0.3 is 0 Å². The average molecular weight is 231 g/mol. The van der Waals surface area contributed by atoms with Crippen LogP contribution in [0.25, 0.3) is 0 Å². The Bertz CT molecular complexity index is 458. The molecule has 0 radical (unpaired) electrons. The Morgan fingerprint density at radius 1 is 1.29 bits per heavy atom. The number of hydrogen-bond donors (Lipinski definition) is 3. The van der Waals surface area contributed by atoms with Gasteiger partial charge in [0.2, 0.25) is 0 Å². The lowest BCUT2D eigenvalue weighted by Crippen LogP contribution is -2.44. The second-order valence-corrected chi connectivity index (χ2v) is 4.89. The van der Waals surface area contributed by atoms with Crippen molar-refractivity contribution in [3.8, 4) is 5.75 Å². The molecule has 1 saturated carbocycles. The van der Waals surface area contributed by atoms with E-state index in [2.05, 4.69) is 10.3 Å². The molecule has 1 aliphatic heterocycles. The molecule has 4 nitrogen and oxygen atoms in total. The van der Waals surface area contributed by atoms with Crippen molar-refractivity contribution >= 4 is 5.84 Å². The summed E-state index contributed by atoms with van der Waals surface area (Å²) in [7, 11) is 0. The molecule has 0 saturated heterocycles. The first-order chi connectivity index (χ1) is 8.24. The van der Waals surface area contributed by atoms with E-state index in [-0.39, 0.29) is 11.8 Å². The van der Waals surface area contributed by atoms with E-state index in [0.717, 1.165) is 30.7 Å². The third-order valence-corrected chi connectivity index (χ3v) is 3.63. The molecule has 4 N–H and O–H groups in total. The standard InChI is InChI=1S/C13H17N3O/c14-8-5-6-10-11(7-8)16-13(15-10)9-3-1-2-4-12(9)17/h1-4,8,10-11,17H,5-7,14H2,(H,15,16). The number of benzene rings is 1. The molecule has 90 valence electrons. The Morgan fingerprint density at radius 3 is 2.94 bits per heavy atom. The Morgan fingerprint density at radius 2 is 2.12 bits per heavy atom. The number of amidine groups is 1. The number of phenolic OH excluding ortho intramolecular Hbond substituents is 1. The first-order valence-electron chi connectivity index (χ1n) is 6.12. The fourth-order valence-electron chi connectivity index (χ4n) is 2.70.